The Bertz CT molecular complexity index is 196. The Labute approximate surface area is 70.4 Å². The van der Waals surface area contributed by atoms with Gasteiger partial charge in [-0.05, 0) is 0 Å². The lowest BCUT2D eigenvalue weighted by Gasteiger charge is -2.22. The van der Waals surface area contributed by atoms with Crippen LogP contribution in [0.15, 0.2) is 0 Å². The average molecular weight is 199 g/mol. The number of nitrogens with zero attached hydrogens (tertiary/aromatic N) is 1. The summed E-state index contributed by atoms with van der Waals surface area (Å²) in [4.78, 5) is 0. The zero-order chi connectivity index (χ0) is 7.61. The van der Waals surface area contributed by atoms with Gasteiger partial charge in [-0.3, -0.25) is 4.55 Å². The molecule has 68 valence electrons. The van der Waals surface area contributed by atoms with Crippen LogP contribution in [0.2, 0.25) is 0 Å². The molecule has 0 aliphatic carbocycles. The van der Waals surface area contributed by atoms with Crippen molar-refractivity contribution in [2.24, 2.45) is 0 Å². The Hall–Kier alpha value is -0.250. The van der Waals surface area contributed by atoms with Crippen molar-refractivity contribution in [2.75, 3.05) is 26.3 Å². The molecule has 8 radical (unpaired) electrons. The van der Waals surface area contributed by atoms with Crippen molar-refractivity contribution < 1.29 is 28.7 Å². The lowest BCUT2D eigenvalue weighted by Crippen LogP contribution is -2.40. The highest BCUT2D eigenvalue weighted by Crippen LogP contribution is 2.00. The summed E-state index contributed by atoms with van der Waals surface area (Å²) >= 11 is 0. The van der Waals surface area contributed by atoms with E-state index in [1.165, 1.54) is 0 Å². The molecule has 7 nitrogen and oxygen atoms in total. The van der Waals surface area contributed by atoms with Gasteiger partial charge in [-0.1, -0.05) is 0 Å². The van der Waals surface area contributed by atoms with Crippen molar-refractivity contribution in [1.82, 2.24) is 4.31 Å². The Morgan fingerprint density at radius 3 is 1.83 bits per heavy atom. The van der Waals surface area contributed by atoms with Crippen LogP contribution in [-0.2, 0) is 26.0 Å². The lowest BCUT2D eigenvalue weighted by atomic mass is 10.5. The highest BCUT2D eigenvalue weighted by molar-refractivity contribution is 7.83. The van der Waals surface area contributed by atoms with Gasteiger partial charge in [0.2, 0.25) is 0 Å². The highest BCUT2D eigenvalue weighted by atomic mass is 32.2. The first-order valence-corrected chi connectivity index (χ1v) is 4.31. The summed E-state index contributed by atoms with van der Waals surface area (Å²) in [7, 11) is -3.97. The molecule has 0 aromatic carbocycles. The molecule has 0 saturated carbocycles. The van der Waals surface area contributed by atoms with E-state index in [-0.39, 0.29) is 24.0 Å². The van der Waals surface area contributed by atoms with Gasteiger partial charge in [0.15, 0.2) is 0 Å². The summed E-state index contributed by atoms with van der Waals surface area (Å²) < 4.78 is 35.2. The maximum Gasteiger partial charge on any atom is 2.00 e. The van der Waals surface area contributed by atoms with E-state index < -0.39 is 10.3 Å². The second kappa shape index (κ2) is 5.41. The average Bonchev–Trinajstić information content (AvgIpc) is 1.88. The van der Waals surface area contributed by atoms with Crippen LogP contribution in [0, 0.1) is 0 Å². The maximum atomic E-state index is 10.4. The third kappa shape index (κ3) is 3.95. The molecule has 0 amide bonds. The van der Waals surface area contributed by atoms with Gasteiger partial charge in [-0.25, -0.2) is 0 Å². The van der Waals surface area contributed by atoms with Crippen LogP contribution >= 0.6 is 0 Å². The van der Waals surface area contributed by atoms with E-state index in [1.54, 1.807) is 0 Å². The molecule has 0 bridgehead atoms. The molecule has 0 atom stereocenters. The van der Waals surface area contributed by atoms with E-state index in [1.807, 2.05) is 0 Å². The van der Waals surface area contributed by atoms with Crippen LogP contribution in [0.3, 0.4) is 0 Å². The monoisotopic (exact) mass is 199 g/mol. The SMILES string of the molecule is O=S(=O)(O)N1CCOCC1.[O+2].[O+2]. The number of ether oxygens (including phenoxy) is 1. The molecule has 1 saturated heterocycles. The third-order valence-corrected chi connectivity index (χ3v) is 2.31. The molecule has 1 heterocycles. The van der Waals surface area contributed by atoms with Gasteiger partial charge >= 0.3 is 21.3 Å². The summed E-state index contributed by atoms with van der Waals surface area (Å²) in [6.45, 7) is 1.22. The molecule has 0 aromatic rings. The second-order valence-electron chi connectivity index (χ2n) is 1.99. The fraction of sp³-hybridized carbons (Fsp3) is 1.00. The van der Waals surface area contributed by atoms with Crippen molar-refractivity contribution in [3.8, 4) is 0 Å². The summed E-state index contributed by atoms with van der Waals surface area (Å²) in [6, 6.07) is 0. The number of rotatable bonds is 1. The Morgan fingerprint density at radius 2 is 1.58 bits per heavy atom. The van der Waals surface area contributed by atoms with E-state index in [9.17, 15) is 8.42 Å². The van der Waals surface area contributed by atoms with Gasteiger partial charge in [-0.15, -0.1) is 0 Å². The van der Waals surface area contributed by atoms with Gasteiger partial charge < -0.3 is 4.74 Å². The molecule has 1 fully saturated rings. The molecule has 1 rings (SSSR count). The van der Waals surface area contributed by atoms with Crippen LogP contribution < -0.4 is 0 Å². The first-order valence-electron chi connectivity index (χ1n) is 2.91. The molecule has 0 unspecified atom stereocenters. The van der Waals surface area contributed by atoms with Crippen LogP contribution in [0.5, 0.6) is 0 Å². The van der Waals surface area contributed by atoms with Crippen LogP contribution in [0.25, 0.3) is 0 Å². The van der Waals surface area contributed by atoms with Gasteiger partial charge in [0.25, 0.3) is 0 Å². The molecule has 1 aliphatic rings. The number of morpholine rings is 1. The van der Waals surface area contributed by atoms with Gasteiger partial charge in [0, 0.05) is 13.1 Å². The summed E-state index contributed by atoms with van der Waals surface area (Å²) in [5.41, 5.74) is 0. The Balaban J connectivity index is 0. The molecule has 12 heavy (non-hydrogen) atoms. The summed E-state index contributed by atoms with van der Waals surface area (Å²) in [5.74, 6) is 0. The van der Waals surface area contributed by atoms with Crippen LogP contribution in [0.4, 0.5) is 0 Å². The zero-order valence-corrected chi connectivity index (χ0v) is 6.99. The first-order chi connectivity index (χ1) is 4.61. The molecular weight excluding hydrogens is 190 g/mol. The van der Waals surface area contributed by atoms with Crippen molar-refractivity contribution in [3.63, 3.8) is 0 Å². The zero-order valence-electron chi connectivity index (χ0n) is 6.17. The fourth-order valence-electron chi connectivity index (χ4n) is 0.777. The first kappa shape index (κ1) is 14.3. The molecule has 8 heteroatoms. The van der Waals surface area contributed by atoms with Crippen LogP contribution in [-0.4, -0.2) is 43.6 Å². The Morgan fingerprint density at radius 1 is 1.17 bits per heavy atom. The molecule has 1 aliphatic heterocycles. The predicted octanol–water partition coefficient (Wildman–Crippen LogP) is -1.12. The maximum absolute atomic E-state index is 10.4. The standard InChI is InChI=1S/C4H9NO4S.2O/c6-10(7,8)5-1-3-9-4-2-5;;/h1-4H2,(H,6,7,8);;/q;2*+2. The molecule has 0 aromatic heterocycles. The minimum Gasteiger partial charge on any atom is -0.379 e. The van der Waals surface area contributed by atoms with E-state index in [2.05, 4.69) is 0 Å². The van der Waals surface area contributed by atoms with Crippen molar-refractivity contribution >= 4 is 10.3 Å². The van der Waals surface area contributed by atoms with E-state index >= 15 is 0 Å². The topological polar surface area (TPSA) is 124 Å². The predicted molar refractivity (Wildman–Crippen MR) is 35.3 cm³/mol. The van der Waals surface area contributed by atoms with Gasteiger partial charge in [-0.2, -0.15) is 12.7 Å². The number of hydrogen-bond donors (Lipinski definition) is 1. The molecule has 1 N–H and O–H groups in total. The van der Waals surface area contributed by atoms with E-state index in [4.69, 9.17) is 9.29 Å². The lowest BCUT2D eigenvalue weighted by molar-refractivity contribution is 0.0693. The van der Waals surface area contributed by atoms with Gasteiger partial charge in [0.05, 0.1) is 13.2 Å². The normalized spacial score (nSPS) is 19.1. The molecule has 0 spiro atoms. The van der Waals surface area contributed by atoms with Crippen LogP contribution in [0.1, 0.15) is 0 Å². The Kier molecular flexibility index (Phi) is 6.43. The fourth-order valence-corrected chi connectivity index (χ4v) is 1.39. The summed E-state index contributed by atoms with van der Waals surface area (Å²) in [5, 5.41) is 0. The quantitative estimate of drug-likeness (QED) is 0.537. The van der Waals surface area contributed by atoms with Crippen molar-refractivity contribution in [1.29, 1.82) is 0 Å². The summed E-state index contributed by atoms with van der Waals surface area (Å²) in [6.07, 6.45) is 0. The minimum absolute atomic E-state index is 0. The highest BCUT2D eigenvalue weighted by Gasteiger charge is 2.20. The van der Waals surface area contributed by atoms with Gasteiger partial charge in [0.1, 0.15) is 0 Å². The van der Waals surface area contributed by atoms with E-state index in [0.717, 1.165) is 4.31 Å². The smallest absolute Gasteiger partial charge is 0.379 e. The van der Waals surface area contributed by atoms with E-state index in [0.29, 0.717) is 13.2 Å². The van der Waals surface area contributed by atoms with Crippen molar-refractivity contribution in [2.45, 2.75) is 0 Å². The largest absolute Gasteiger partial charge is 2.00 e. The third-order valence-electron chi connectivity index (χ3n) is 1.30. The number of hydrogen-bond acceptors (Lipinski definition) is 3. The molecular formula is C4H9NO6S+4. The van der Waals surface area contributed by atoms with Crippen molar-refractivity contribution in [3.05, 3.63) is 0 Å². The minimum atomic E-state index is -3.97. The second-order valence-corrected chi connectivity index (χ2v) is 3.40.